The smallest absolute Gasteiger partial charge is 0.124 e. The summed E-state index contributed by atoms with van der Waals surface area (Å²) in [7, 11) is 1.60. The van der Waals surface area contributed by atoms with Gasteiger partial charge in [-0.1, -0.05) is 38.1 Å². The van der Waals surface area contributed by atoms with Crippen molar-refractivity contribution in [3.8, 4) is 5.75 Å². The number of aliphatic hydroxyl groups excluding tert-OH is 1. The standard InChI is InChI=1S/C23H32O4/c1-21(2,16-9-8-15(14-24)18(12-16)22(3,4)25)17-10-11-20(27-7)19(13-17)23(5,6)26/h8-13,24-26H,14H2,1-7H3. The minimum absolute atomic E-state index is 0.120. The molecule has 0 amide bonds. The fraction of sp³-hybridized carbons (Fsp3) is 0.478. The van der Waals surface area contributed by atoms with Crippen LogP contribution in [0.15, 0.2) is 36.4 Å². The molecule has 0 unspecified atom stereocenters. The van der Waals surface area contributed by atoms with Crippen molar-refractivity contribution in [2.24, 2.45) is 0 Å². The molecule has 0 aliphatic rings. The molecule has 0 bridgehead atoms. The van der Waals surface area contributed by atoms with E-state index >= 15 is 0 Å². The van der Waals surface area contributed by atoms with Crippen LogP contribution in [0.3, 0.4) is 0 Å². The predicted molar refractivity (Wildman–Crippen MR) is 108 cm³/mol. The molecule has 3 N–H and O–H groups in total. The van der Waals surface area contributed by atoms with Crippen LogP contribution < -0.4 is 4.74 Å². The average molecular weight is 373 g/mol. The summed E-state index contributed by atoms with van der Waals surface area (Å²) in [5, 5.41) is 30.7. The Labute approximate surface area is 162 Å². The van der Waals surface area contributed by atoms with Crippen molar-refractivity contribution < 1.29 is 20.1 Å². The minimum atomic E-state index is -1.05. The van der Waals surface area contributed by atoms with Gasteiger partial charge in [0.2, 0.25) is 0 Å². The summed E-state index contributed by atoms with van der Waals surface area (Å²) in [5.74, 6) is 0.648. The van der Waals surface area contributed by atoms with E-state index in [9.17, 15) is 15.3 Å². The third kappa shape index (κ3) is 4.34. The molecular weight excluding hydrogens is 340 g/mol. The summed E-state index contributed by atoms with van der Waals surface area (Å²) >= 11 is 0. The van der Waals surface area contributed by atoms with Crippen LogP contribution in [0, 0.1) is 0 Å². The van der Waals surface area contributed by atoms with Gasteiger partial charge >= 0.3 is 0 Å². The fourth-order valence-electron chi connectivity index (χ4n) is 3.41. The van der Waals surface area contributed by atoms with Gasteiger partial charge in [0.05, 0.1) is 24.9 Å². The van der Waals surface area contributed by atoms with Crippen molar-refractivity contribution >= 4 is 0 Å². The van der Waals surface area contributed by atoms with Gasteiger partial charge in [-0.25, -0.2) is 0 Å². The van der Waals surface area contributed by atoms with Crippen LogP contribution in [-0.2, 0) is 23.2 Å². The lowest BCUT2D eigenvalue weighted by Crippen LogP contribution is -2.24. The summed E-state index contributed by atoms with van der Waals surface area (Å²) in [6.45, 7) is 11.0. The first-order valence-electron chi connectivity index (χ1n) is 9.21. The maximum absolute atomic E-state index is 10.5. The number of methoxy groups -OCH3 is 1. The summed E-state index contributed by atoms with van der Waals surface area (Å²) in [5.41, 5.74) is 1.74. The van der Waals surface area contributed by atoms with Crippen LogP contribution in [0.2, 0.25) is 0 Å². The first-order valence-corrected chi connectivity index (χ1v) is 9.21. The summed E-state index contributed by atoms with van der Waals surface area (Å²) in [6.07, 6.45) is 0. The third-order valence-corrected chi connectivity index (χ3v) is 5.24. The van der Waals surface area contributed by atoms with Gasteiger partial charge in [0.15, 0.2) is 0 Å². The van der Waals surface area contributed by atoms with Crippen LogP contribution >= 0.6 is 0 Å². The molecule has 0 spiro atoms. The Morgan fingerprint density at radius 3 is 1.70 bits per heavy atom. The fourth-order valence-corrected chi connectivity index (χ4v) is 3.41. The molecule has 0 aromatic heterocycles. The zero-order valence-electron chi connectivity index (χ0n) is 17.4. The van der Waals surface area contributed by atoms with Gasteiger partial charge in [0.25, 0.3) is 0 Å². The van der Waals surface area contributed by atoms with Gasteiger partial charge in [-0.05, 0) is 62.1 Å². The van der Waals surface area contributed by atoms with Crippen LogP contribution in [0.25, 0.3) is 0 Å². The number of ether oxygens (including phenoxy) is 1. The van der Waals surface area contributed by atoms with Gasteiger partial charge in [-0.2, -0.15) is 0 Å². The van der Waals surface area contributed by atoms with E-state index in [2.05, 4.69) is 13.8 Å². The van der Waals surface area contributed by atoms with Crippen LogP contribution in [0.1, 0.15) is 69.4 Å². The van der Waals surface area contributed by atoms with E-state index in [1.54, 1.807) is 34.8 Å². The van der Waals surface area contributed by atoms with Crippen molar-refractivity contribution in [1.29, 1.82) is 0 Å². The van der Waals surface area contributed by atoms with E-state index in [4.69, 9.17) is 4.74 Å². The second kappa shape index (κ2) is 7.27. The highest BCUT2D eigenvalue weighted by Crippen LogP contribution is 2.39. The summed E-state index contributed by atoms with van der Waals surface area (Å²) in [6, 6.07) is 11.7. The van der Waals surface area contributed by atoms with E-state index in [0.717, 1.165) is 16.7 Å². The topological polar surface area (TPSA) is 69.9 Å². The highest BCUT2D eigenvalue weighted by Gasteiger charge is 2.30. The molecule has 0 saturated heterocycles. The van der Waals surface area contributed by atoms with E-state index in [1.165, 1.54) is 0 Å². The zero-order chi connectivity index (χ0) is 20.6. The van der Waals surface area contributed by atoms with E-state index in [1.807, 2.05) is 36.4 Å². The van der Waals surface area contributed by atoms with Crippen LogP contribution in [0.4, 0.5) is 0 Å². The number of benzene rings is 2. The van der Waals surface area contributed by atoms with Crippen molar-refractivity contribution in [3.05, 3.63) is 64.2 Å². The predicted octanol–water partition coefficient (Wildman–Crippen LogP) is 3.97. The van der Waals surface area contributed by atoms with Gasteiger partial charge in [-0.15, -0.1) is 0 Å². The molecule has 0 aliphatic carbocycles. The van der Waals surface area contributed by atoms with Crippen molar-refractivity contribution in [3.63, 3.8) is 0 Å². The van der Waals surface area contributed by atoms with Crippen LogP contribution in [-0.4, -0.2) is 22.4 Å². The Bertz CT molecular complexity index is 741. The molecule has 0 aliphatic heterocycles. The lowest BCUT2D eigenvalue weighted by atomic mass is 9.75. The SMILES string of the molecule is COc1ccc(C(C)(C)c2ccc(CO)c(C(C)(C)O)c2)cc1C(C)(C)O. The molecule has 0 radical (unpaired) electrons. The molecule has 0 atom stereocenters. The number of aliphatic hydroxyl groups is 3. The molecule has 27 heavy (non-hydrogen) atoms. The number of rotatable bonds is 6. The lowest BCUT2D eigenvalue weighted by molar-refractivity contribution is 0.0752. The van der Waals surface area contributed by atoms with Gasteiger partial charge in [-0.3, -0.25) is 0 Å². The first-order chi connectivity index (χ1) is 12.3. The largest absolute Gasteiger partial charge is 0.496 e. The second-order valence-corrected chi connectivity index (χ2v) is 8.69. The molecule has 2 rings (SSSR count). The Morgan fingerprint density at radius 2 is 1.26 bits per heavy atom. The maximum atomic E-state index is 10.5. The normalized spacial score (nSPS) is 13.0. The lowest BCUT2D eigenvalue weighted by Gasteiger charge is -2.31. The van der Waals surface area contributed by atoms with Gasteiger partial charge in [0, 0.05) is 11.0 Å². The van der Waals surface area contributed by atoms with Gasteiger partial charge in [0.1, 0.15) is 5.75 Å². The van der Waals surface area contributed by atoms with Crippen LogP contribution in [0.5, 0.6) is 5.75 Å². The molecular formula is C23H32O4. The van der Waals surface area contributed by atoms with E-state index < -0.39 is 11.2 Å². The van der Waals surface area contributed by atoms with E-state index in [0.29, 0.717) is 16.9 Å². The molecule has 0 heterocycles. The third-order valence-electron chi connectivity index (χ3n) is 5.24. The molecule has 0 saturated carbocycles. The number of hydrogen-bond donors (Lipinski definition) is 3. The number of hydrogen-bond acceptors (Lipinski definition) is 4. The molecule has 2 aromatic rings. The molecule has 0 fully saturated rings. The first kappa shape index (κ1) is 21.4. The Hall–Kier alpha value is -1.88. The van der Waals surface area contributed by atoms with E-state index in [-0.39, 0.29) is 12.0 Å². The van der Waals surface area contributed by atoms with Gasteiger partial charge < -0.3 is 20.1 Å². The molecule has 4 nitrogen and oxygen atoms in total. The molecule has 2 aromatic carbocycles. The minimum Gasteiger partial charge on any atom is -0.496 e. The average Bonchev–Trinajstić information content (AvgIpc) is 2.58. The zero-order valence-corrected chi connectivity index (χ0v) is 17.4. The van der Waals surface area contributed by atoms with Crippen molar-refractivity contribution in [1.82, 2.24) is 0 Å². The summed E-state index contributed by atoms with van der Waals surface area (Å²) < 4.78 is 5.42. The summed E-state index contributed by atoms with van der Waals surface area (Å²) in [4.78, 5) is 0. The molecule has 4 heteroatoms. The Balaban J connectivity index is 2.63. The second-order valence-electron chi connectivity index (χ2n) is 8.69. The van der Waals surface area contributed by atoms with Crippen molar-refractivity contribution in [2.45, 2.75) is 64.8 Å². The Morgan fingerprint density at radius 1 is 0.778 bits per heavy atom. The molecule has 148 valence electrons. The van der Waals surface area contributed by atoms with Crippen molar-refractivity contribution in [2.75, 3.05) is 7.11 Å². The highest BCUT2D eigenvalue weighted by molar-refractivity contribution is 5.48. The Kier molecular flexibility index (Phi) is 5.77. The quantitative estimate of drug-likeness (QED) is 0.718. The maximum Gasteiger partial charge on any atom is 0.124 e. The monoisotopic (exact) mass is 372 g/mol. The highest BCUT2D eigenvalue weighted by atomic mass is 16.5.